The van der Waals surface area contributed by atoms with Crippen LogP contribution in [0.25, 0.3) is 0 Å². The first-order valence-corrected chi connectivity index (χ1v) is 6.35. The Hall–Kier alpha value is -1.49. The van der Waals surface area contributed by atoms with E-state index >= 15 is 0 Å². The number of pyridine rings is 2. The average Bonchev–Trinajstić information content (AvgIpc) is 2.34. The smallest absolute Gasteiger partial charge is 0.256 e. The van der Waals surface area contributed by atoms with Gasteiger partial charge in [0.2, 0.25) is 0 Å². The van der Waals surface area contributed by atoms with Gasteiger partial charge in [-0.1, -0.05) is 6.92 Å². The number of ether oxygens (including phenoxy) is 1. The molecule has 3 nitrogen and oxygen atoms in total. The maximum Gasteiger partial charge on any atom is 0.256 e. The fourth-order valence-corrected chi connectivity index (χ4v) is 1.83. The summed E-state index contributed by atoms with van der Waals surface area (Å²) in [6.45, 7) is 3.88. The Morgan fingerprint density at radius 3 is 2.83 bits per heavy atom. The SMILES string of the molecule is CCc1nc(C)ccc1Oc1ncc(Br)cc1F. The third kappa shape index (κ3) is 2.85. The molecule has 0 radical (unpaired) electrons. The molecule has 94 valence electrons. The first-order chi connectivity index (χ1) is 8.60. The van der Waals surface area contributed by atoms with Gasteiger partial charge in [-0.2, -0.15) is 0 Å². The highest BCUT2D eigenvalue weighted by Gasteiger charge is 2.10. The van der Waals surface area contributed by atoms with Gasteiger partial charge in [0.1, 0.15) is 0 Å². The van der Waals surface area contributed by atoms with Gasteiger partial charge in [0.25, 0.3) is 5.88 Å². The highest BCUT2D eigenvalue weighted by atomic mass is 79.9. The van der Waals surface area contributed by atoms with E-state index in [2.05, 4.69) is 25.9 Å². The molecule has 2 heterocycles. The lowest BCUT2D eigenvalue weighted by Crippen LogP contribution is -1.98. The van der Waals surface area contributed by atoms with Crippen molar-refractivity contribution in [3.05, 3.63) is 46.1 Å². The molecule has 0 fully saturated rings. The fourth-order valence-electron chi connectivity index (χ4n) is 1.53. The van der Waals surface area contributed by atoms with Crippen LogP contribution in [0.15, 0.2) is 28.9 Å². The Balaban J connectivity index is 2.33. The van der Waals surface area contributed by atoms with Gasteiger partial charge in [0.15, 0.2) is 11.6 Å². The van der Waals surface area contributed by atoms with Crippen molar-refractivity contribution in [2.45, 2.75) is 20.3 Å². The number of hydrogen-bond donors (Lipinski definition) is 0. The predicted octanol–water partition coefficient (Wildman–Crippen LogP) is 4.04. The summed E-state index contributed by atoms with van der Waals surface area (Å²) in [6.07, 6.45) is 2.21. The van der Waals surface area contributed by atoms with E-state index in [0.29, 0.717) is 10.2 Å². The van der Waals surface area contributed by atoms with Crippen LogP contribution in [-0.4, -0.2) is 9.97 Å². The Kier molecular flexibility index (Phi) is 3.91. The van der Waals surface area contributed by atoms with Crippen molar-refractivity contribution in [2.75, 3.05) is 0 Å². The number of hydrogen-bond acceptors (Lipinski definition) is 3. The lowest BCUT2D eigenvalue weighted by molar-refractivity contribution is 0.416. The van der Waals surface area contributed by atoms with E-state index in [4.69, 9.17) is 4.74 Å². The van der Waals surface area contributed by atoms with E-state index in [0.717, 1.165) is 17.8 Å². The topological polar surface area (TPSA) is 35.0 Å². The molecule has 0 aliphatic heterocycles. The van der Waals surface area contributed by atoms with Crippen LogP contribution in [0.1, 0.15) is 18.3 Å². The maximum absolute atomic E-state index is 13.6. The number of rotatable bonds is 3. The summed E-state index contributed by atoms with van der Waals surface area (Å²) in [5.41, 5.74) is 1.70. The number of aryl methyl sites for hydroxylation is 2. The molecule has 0 amide bonds. The van der Waals surface area contributed by atoms with Crippen molar-refractivity contribution in [3.8, 4) is 11.6 Å². The summed E-state index contributed by atoms with van der Waals surface area (Å²) in [4.78, 5) is 8.25. The van der Waals surface area contributed by atoms with Crippen LogP contribution >= 0.6 is 15.9 Å². The van der Waals surface area contributed by atoms with E-state index in [9.17, 15) is 4.39 Å². The molecule has 0 aromatic carbocycles. The maximum atomic E-state index is 13.6. The Morgan fingerprint density at radius 1 is 1.39 bits per heavy atom. The van der Waals surface area contributed by atoms with E-state index in [1.807, 2.05) is 19.9 Å². The molecule has 18 heavy (non-hydrogen) atoms. The first kappa shape index (κ1) is 13.0. The molecule has 0 saturated carbocycles. The van der Waals surface area contributed by atoms with Crippen LogP contribution in [0, 0.1) is 12.7 Å². The summed E-state index contributed by atoms with van der Waals surface area (Å²) in [5, 5.41) is 0. The van der Waals surface area contributed by atoms with E-state index < -0.39 is 5.82 Å². The molecule has 0 spiro atoms. The van der Waals surface area contributed by atoms with Crippen molar-refractivity contribution >= 4 is 15.9 Å². The van der Waals surface area contributed by atoms with Gasteiger partial charge in [-0.25, -0.2) is 9.37 Å². The predicted molar refractivity (Wildman–Crippen MR) is 70.3 cm³/mol. The third-order valence-electron chi connectivity index (χ3n) is 2.39. The van der Waals surface area contributed by atoms with Gasteiger partial charge in [-0.05, 0) is 47.5 Å². The van der Waals surface area contributed by atoms with Crippen molar-refractivity contribution in [1.29, 1.82) is 0 Å². The summed E-state index contributed by atoms with van der Waals surface area (Å²) >= 11 is 3.15. The number of halogens is 2. The molecule has 0 atom stereocenters. The molecule has 2 rings (SSSR count). The molecular weight excluding hydrogens is 299 g/mol. The minimum atomic E-state index is -0.507. The normalized spacial score (nSPS) is 10.4. The van der Waals surface area contributed by atoms with Crippen LogP contribution in [-0.2, 0) is 6.42 Å². The van der Waals surface area contributed by atoms with Crippen molar-refractivity contribution in [2.24, 2.45) is 0 Å². The second-order valence-corrected chi connectivity index (χ2v) is 4.71. The summed E-state index contributed by atoms with van der Waals surface area (Å²) in [7, 11) is 0. The van der Waals surface area contributed by atoms with Crippen molar-refractivity contribution in [3.63, 3.8) is 0 Å². The zero-order chi connectivity index (χ0) is 13.1. The largest absolute Gasteiger partial charge is 0.435 e. The first-order valence-electron chi connectivity index (χ1n) is 5.55. The number of nitrogens with zero attached hydrogens (tertiary/aromatic N) is 2. The van der Waals surface area contributed by atoms with Gasteiger partial charge >= 0.3 is 0 Å². The van der Waals surface area contributed by atoms with E-state index in [-0.39, 0.29) is 5.88 Å². The highest BCUT2D eigenvalue weighted by Crippen LogP contribution is 2.26. The molecule has 2 aromatic heterocycles. The molecule has 0 aliphatic rings. The molecular formula is C13H12BrFN2O. The van der Waals surface area contributed by atoms with Crippen LogP contribution < -0.4 is 4.74 Å². The van der Waals surface area contributed by atoms with Gasteiger partial charge in [-0.3, -0.25) is 4.98 Å². The van der Waals surface area contributed by atoms with Crippen LogP contribution in [0.5, 0.6) is 11.6 Å². The monoisotopic (exact) mass is 310 g/mol. The Labute approximate surface area is 113 Å². The molecule has 0 bridgehead atoms. The van der Waals surface area contributed by atoms with Crippen LogP contribution in [0.2, 0.25) is 0 Å². The zero-order valence-electron chi connectivity index (χ0n) is 10.1. The Bertz CT molecular complexity index is 575. The summed E-state index contributed by atoms with van der Waals surface area (Å²) in [5.74, 6) is -0.0117. The van der Waals surface area contributed by atoms with Gasteiger partial charge in [0, 0.05) is 16.4 Å². The number of aromatic nitrogens is 2. The molecule has 0 N–H and O–H groups in total. The zero-order valence-corrected chi connectivity index (χ0v) is 11.7. The molecule has 0 saturated heterocycles. The van der Waals surface area contributed by atoms with Gasteiger partial charge < -0.3 is 4.74 Å². The quantitative estimate of drug-likeness (QED) is 0.858. The highest BCUT2D eigenvalue weighted by molar-refractivity contribution is 9.10. The molecule has 0 unspecified atom stereocenters. The minimum Gasteiger partial charge on any atom is -0.435 e. The second-order valence-electron chi connectivity index (χ2n) is 3.79. The lowest BCUT2D eigenvalue weighted by Gasteiger charge is -2.09. The molecule has 5 heteroatoms. The van der Waals surface area contributed by atoms with Gasteiger partial charge in [-0.15, -0.1) is 0 Å². The third-order valence-corrected chi connectivity index (χ3v) is 2.82. The van der Waals surface area contributed by atoms with Crippen molar-refractivity contribution in [1.82, 2.24) is 9.97 Å². The summed E-state index contributed by atoms with van der Waals surface area (Å²) in [6, 6.07) is 4.92. The minimum absolute atomic E-state index is 0.0430. The molecule has 0 aliphatic carbocycles. The van der Waals surface area contributed by atoms with Crippen LogP contribution in [0.3, 0.4) is 0 Å². The summed E-state index contributed by atoms with van der Waals surface area (Å²) < 4.78 is 19.7. The average molecular weight is 311 g/mol. The Morgan fingerprint density at radius 2 is 2.17 bits per heavy atom. The van der Waals surface area contributed by atoms with Crippen LogP contribution in [0.4, 0.5) is 4.39 Å². The van der Waals surface area contributed by atoms with E-state index in [1.165, 1.54) is 12.3 Å². The van der Waals surface area contributed by atoms with Gasteiger partial charge in [0.05, 0.1) is 5.69 Å². The second kappa shape index (κ2) is 5.44. The van der Waals surface area contributed by atoms with E-state index in [1.54, 1.807) is 6.07 Å². The fraction of sp³-hybridized carbons (Fsp3) is 0.231. The molecule has 2 aromatic rings. The van der Waals surface area contributed by atoms with Crippen molar-refractivity contribution < 1.29 is 9.13 Å². The standard InChI is InChI=1S/C13H12BrFN2O/c1-3-11-12(5-4-8(2)17-11)18-13-10(15)6-9(14)7-16-13/h4-7H,3H2,1-2H3. The lowest BCUT2D eigenvalue weighted by atomic mass is 10.2.